The molecular formula is C50H57F3O9Si. The zero-order chi connectivity index (χ0) is 44.7. The first kappa shape index (κ1) is 46.3. The maximum absolute atomic E-state index is 14.1. The summed E-state index contributed by atoms with van der Waals surface area (Å²) in [6.45, 7) is 12.2. The highest BCUT2D eigenvalue weighted by atomic mass is 28.4. The summed E-state index contributed by atoms with van der Waals surface area (Å²) in [6.07, 6.45) is -8.42. The maximum atomic E-state index is 14.1. The third kappa shape index (κ3) is 11.5. The van der Waals surface area contributed by atoms with Crippen LogP contribution in [0.5, 0.6) is 17.2 Å². The fourth-order valence-electron chi connectivity index (χ4n) is 7.57. The Morgan fingerprint density at radius 3 is 1.76 bits per heavy atom. The van der Waals surface area contributed by atoms with Crippen molar-refractivity contribution in [3.05, 3.63) is 161 Å². The van der Waals surface area contributed by atoms with Crippen molar-refractivity contribution in [3.8, 4) is 17.2 Å². The molecule has 5 aromatic carbocycles. The number of benzene rings is 5. The van der Waals surface area contributed by atoms with Crippen LogP contribution in [-0.2, 0) is 60.1 Å². The molecule has 1 fully saturated rings. The van der Waals surface area contributed by atoms with E-state index in [2.05, 4.69) is 38.6 Å². The lowest BCUT2D eigenvalue weighted by Gasteiger charge is -2.52. The van der Waals surface area contributed by atoms with Crippen molar-refractivity contribution in [2.24, 2.45) is 0 Å². The Morgan fingerprint density at radius 1 is 0.651 bits per heavy atom. The summed E-state index contributed by atoms with van der Waals surface area (Å²) in [5.74, 6) is -1.07. The molecule has 0 bridgehead atoms. The first-order valence-corrected chi connectivity index (χ1v) is 24.2. The summed E-state index contributed by atoms with van der Waals surface area (Å²) in [4.78, 5) is 0. The van der Waals surface area contributed by atoms with E-state index < -0.39 is 44.9 Å². The van der Waals surface area contributed by atoms with Crippen LogP contribution in [0.3, 0.4) is 0 Å². The molecule has 336 valence electrons. The predicted octanol–water partition coefficient (Wildman–Crippen LogP) is 10.9. The quantitative estimate of drug-likeness (QED) is 0.0848. The molecule has 7 rings (SSSR count). The van der Waals surface area contributed by atoms with Gasteiger partial charge in [0.2, 0.25) is 5.79 Å². The number of methoxy groups -OCH3 is 1. The maximum Gasteiger partial charge on any atom is 0.573 e. The minimum atomic E-state index is -4.96. The molecule has 0 amide bonds. The second kappa shape index (κ2) is 20.0. The molecule has 13 heteroatoms. The van der Waals surface area contributed by atoms with Crippen LogP contribution >= 0.6 is 0 Å². The summed E-state index contributed by atoms with van der Waals surface area (Å²) in [6, 6.07) is 39.0. The van der Waals surface area contributed by atoms with Gasteiger partial charge in [0, 0.05) is 19.1 Å². The molecule has 1 saturated heterocycles. The minimum absolute atomic E-state index is 0.0416. The molecule has 5 aromatic rings. The Hall–Kier alpha value is -4.73. The lowest BCUT2D eigenvalue weighted by atomic mass is 9.86. The highest BCUT2D eigenvalue weighted by Gasteiger charge is 2.59. The molecule has 2 aliphatic heterocycles. The normalized spacial score (nSPS) is 21.5. The molecular weight excluding hydrogens is 830 g/mol. The van der Waals surface area contributed by atoms with Gasteiger partial charge < -0.3 is 42.3 Å². The molecule has 2 heterocycles. The van der Waals surface area contributed by atoms with E-state index in [-0.39, 0.29) is 49.2 Å². The second-order valence-corrected chi connectivity index (χ2v) is 22.2. The Kier molecular flexibility index (Phi) is 14.7. The van der Waals surface area contributed by atoms with Crippen molar-refractivity contribution in [1.82, 2.24) is 0 Å². The SMILES string of the molecule is CO[C@@]1(c2ccc(OC(F)(F)F)c(Cc3ccc4c(c3)OCCO4)c2)O[C@H](CO[Si](C)(C)C(C)(C)C)[C@@H](OCc2ccccc2)[C@H](OCc2ccccc2)[C@H]1OCc1ccccc1. The molecule has 0 saturated carbocycles. The Morgan fingerprint density at radius 2 is 1.21 bits per heavy atom. The molecule has 0 N–H and O–H groups in total. The largest absolute Gasteiger partial charge is 0.573 e. The molecule has 0 unspecified atom stereocenters. The van der Waals surface area contributed by atoms with Gasteiger partial charge in [0.05, 0.1) is 26.4 Å². The number of rotatable bonds is 17. The first-order valence-electron chi connectivity index (χ1n) is 21.3. The van der Waals surface area contributed by atoms with Gasteiger partial charge in [-0.05, 0) is 76.3 Å². The lowest BCUT2D eigenvalue weighted by Crippen LogP contribution is -2.66. The van der Waals surface area contributed by atoms with Gasteiger partial charge in [-0.2, -0.15) is 0 Å². The van der Waals surface area contributed by atoms with Gasteiger partial charge in [-0.25, -0.2) is 0 Å². The molecule has 9 nitrogen and oxygen atoms in total. The molecule has 63 heavy (non-hydrogen) atoms. The zero-order valence-corrected chi connectivity index (χ0v) is 37.7. The van der Waals surface area contributed by atoms with E-state index >= 15 is 0 Å². The van der Waals surface area contributed by atoms with Gasteiger partial charge in [-0.1, -0.05) is 118 Å². The van der Waals surface area contributed by atoms with Crippen LogP contribution in [0, 0.1) is 0 Å². The fourth-order valence-corrected chi connectivity index (χ4v) is 8.58. The number of hydrogen-bond donors (Lipinski definition) is 0. The predicted molar refractivity (Wildman–Crippen MR) is 235 cm³/mol. The second-order valence-electron chi connectivity index (χ2n) is 17.4. The highest BCUT2D eigenvalue weighted by molar-refractivity contribution is 6.74. The monoisotopic (exact) mass is 886 g/mol. The van der Waals surface area contributed by atoms with Gasteiger partial charge in [0.1, 0.15) is 43.4 Å². The lowest BCUT2D eigenvalue weighted by molar-refractivity contribution is -0.384. The summed E-state index contributed by atoms with van der Waals surface area (Å²) >= 11 is 0. The van der Waals surface area contributed by atoms with E-state index in [1.54, 1.807) is 24.3 Å². The average molecular weight is 887 g/mol. The first-order chi connectivity index (χ1) is 30.1. The van der Waals surface area contributed by atoms with E-state index in [1.165, 1.54) is 19.2 Å². The van der Waals surface area contributed by atoms with Gasteiger partial charge >= 0.3 is 6.36 Å². The number of ether oxygens (including phenoxy) is 8. The molecule has 5 atom stereocenters. The van der Waals surface area contributed by atoms with Gasteiger partial charge in [-0.3, -0.25) is 0 Å². The molecule has 2 aliphatic rings. The van der Waals surface area contributed by atoms with Crippen LogP contribution in [0.15, 0.2) is 127 Å². The van der Waals surface area contributed by atoms with Crippen LogP contribution in [0.25, 0.3) is 0 Å². The Balaban J connectivity index is 1.37. The zero-order valence-electron chi connectivity index (χ0n) is 36.7. The summed E-state index contributed by atoms with van der Waals surface area (Å²) in [5, 5.41) is -0.137. The van der Waals surface area contributed by atoms with Gasteiger partial charge in [0.15, 0.2) is 19.8 Å². The highest BCUT2D eigenvalue weighted by Crippen LogP contribution is 2.46. The summed E-state index contributed by atoms with van der Waals surface area (Å²) < 4.78 is 100.0. The van der Waals surface area contributed by atoms with Crippen molar-refractivity contribution < 1.29 is 55.5 Å². The van der Waals surface area contributed by atoms with Crippen LogP contribution in [-0.4, -0.2) is 66.0 Å². The van der Waals surface area contributed by atoms with Crippen LogP contribution in [0.4, 0.5) is 13.2 Å². The Bertz CT molecular complexity index is 2220. The van der Waals surface area contributed by atoms with Crippen molar-refractivity contribution in [3.63, 3.8) is 0 Å². The molecule has 0 radical (unpaired) electrons. The number of alkyl halides is 3. The average Bonchev–Trinajstić information content (AvgIpc) is 3.27. The van der Waals surface area contributed by atoms with Gasteiger partial charge in [0.25, 0.3) is 0 Å². The van der Waals surface area contributed by atoms with Crippen LogP contribution in [0.2, 0.25) is 18.1 Å². The molecule has 0 aromatic heterocycles. The smallest absolute Gasteiger partial charge is 0.486 e. The van der Waals surface area contributed by atoms with E-state index in [0.717, 1.165) is 16.7 Å². The Labute approximate surface area is 369 Å². The standard InChI is InChI=1S/C50H57F3O9Si/c1-48(2,3)63(5,6)60-34-44-45(57-31-35-16-10-7-11-17-35)46(58-32-36-18-12-8-13-19-36)47(59-33-37-20-14-9-15-21-37)49(54-4,61-44)40-23-25-41(62-50(51,52)53)39(30-40)28-38-22-24-42-43(29-38)56-27-26-55-42/h7-25,29-30,44-47H,26-28,31-34H2,1-6H3/t44-,45-,46+,47-,49+/m1/s1. The third-order valence-corrected chi connectivity index (χ3v) is 16.4. The van der Waals surface area contributed by atoms with Crippen LogP contribution < -0.4 is 14.2 Å². The molecule has 0 aliphatic carbocycles. The fraction of sp³-hybridized carbons (Fsp3) is 0.400. The van der Waals surface area contributed by atoms with Gasteiger partial charge in [-0.15, -0.1) is 13.2 Å². The van der Waals surface area contributed by atoms with Crippen LogP contribution in [0.1, 0.15) is 54.2 Å². The van der Waals surface area contributed by atoms with Crippen molar-refractivity contribution in [2.75, 3.05) is 26.9 Å². The van der Waals surface area contributed by atoms with Crippen molar-refractivity contribution >= 4 is 8.32 Å². The van der Waals surface area contributed by atoms with E-state index in [9.17, 15) is 13.2 Å². The van der Waals surface area contributed by atoms with E-state index in [1.807, 2.05) is 91.0 Å². The van der Waals surface area contributed by atoms with E-state index in [4.69, 9.17) is 37.6 Å². The summed E-state index contributed by atoms with van der Waals surface area (Å²) in [5.41, 5.74) is 4.02. The van der Waals surface area contributed by atoms with E-state index in [0.29, 0.717) is 35.8 Å². The number of fused-ring (bicyclic) bond motifs is 1. The minimum Gasteiger partial charge on any atom is -0.486 e. The van der Waals surface area contributed by atoms with Crippen molar-refractivity contribution in [2.45, 2.75) is 102 Å². The number of halogens is 3. The molecule has 0 spiro atoms. The number of hydrogen-bond acceptors (Lipinski definition) is 9. The topological polar surface area (TPSA) is 83.1 Å². The summed E-state index contributed by atoms with van der Waals surface area (Å²) in [7, 11) is -0.890. The third-order valence-electron chi connectivity index (χ3n) is 11.9. The van der Waals surface area contributed by atoms with Crippen molar-refractivity contribution in [1.29, 1.82) is 0 Å².